The maximum Gasteiger partial charge on any atom is 0.344 e. The Bertz CT molecular complexity index is 1290. The second-order valence-electron chi connectivity index (χ2n) is 6.88. The van der Waals surface area contributed by atoms with Crippen LogP contribution in [0.15, 0.2) is 94.2 Å². The van der Waals surface area contributed by atoms with Gasteiger partial charge < -0.3 is 13.9 Å². The number of methoxy groups -OCH3 is 1. The smallest absolute Gasteiger partial charge is 0.344 e. The zero-order valence-corrected chi connectivity index (χ0v) is 15.8. The lowest BCUT2D eigenvalue weighted by atomic mass is 9.88. The van der Waals surface area contributed by atoms with Crippen molar-refractivity contribution < 1.29 is 13.9 Å². The predicted molar refractivity (Wildman–Crippen MR) is 112 cm³/mol. The van der Waals surface area contributed by atoms with Crippen LogP contribution < -0.4 is 15.1 Å². The Balaban J connectivity index is 1.79. The number of hydrogen-bond acceptors (Lipinski definition) is 4. The van der Waals surface area contributed by atoms with Crippen LogP contribution in [0.3, 0.4) is 0 Å². The lowest BCUT2D eigenvalue weighted by molar-refractivity contribution is 0.414. The predicted octanol–water partition coefficient (Wildman–Crippen LogP) is 5.37. The molecule has 5 rings (SSSR count). The molecule has 0 radical (unpaired) electrons. The molecule has 1 aromatic heterocycles. The summed E-state index contributed by atoms with van der Waals surface area (Å²) in [4.78, 5) is 13.0. The lowest BCUT2D eigenvalue weighted by Crippen LogP contribution is -2.19. The molecule has 0 unspecified atom stereocenters. The summed E-state index contributed by atoms with van der Waals surface area (Å²) in [5, 5.41) is 0.775. The Morgan fingerprint density at radius 3 is 2.52 bits per heavy atom. The molecule has 3 aromatic carbocycles. The molecule has 29 heavy (non-hydrogen) atoms. The van der Waals surface area contributed by atoms with Gasteiger partial charge in [-0.05, 0) is 35.9 Å². The molecule has 4 nitrogen and oxygen atoms in total. The molecular formula is C25H18O4. The maximum atomic E-state index is 13.0. The first-order chi connectivity index (χ1) is 14.2. The van der Waals surface area contributed by atoms with Gasteiger partial charge in [-0.25, -0.2) is 4.79 Å². The van der Waals surface area contributed by atoms with Crippen LogP contribution in [0.4, 0.5) is 0 Å². The van der Waals surface area contributed by atoms with Gasteiger partial charge in [-0.3, -0.25) is 0 Å². The van der Waals surface area contributed by atoms with Crippen LogP contribution in [-0.2, 0) is 0 Å². The number of rotatable bonds is 3. The summed E-state index contributed by atoms with van der Waals surface area (Å²) in [5.41, 5.74) is 2.50. The van der Waals surface area contributed by atoms with Crippen LogP contribution >= 0.6 is 0 Å². The van der Waals surface area contributed by atoms with Gasteiger partial charge in [0.05, 0.1) is 18.1 Å². The van der Waals surface area contributed by atoms with E-state index in [1.54, 1.807) is 13.2 Å². The third-order valence-corrected chi connectivity index (χ3v) is 5.15. The molecule has 2 heterocycles. The molecule has 0 aliphatic carbocycles. The van der Waals surface area contributed by atoms with E-state index in [-0.39, 0.29) is 5.92 Å². The second kappa shape index (κ2) is 6.99. The lowest BCUT2D eigenvalue weighted by Gasteiger charge is -2.25. The van der Waals surface area contributed by atoms with Gasteiger partial charge in [-0.15, -0.1) is 0 Å². The monoisotopic (exact) mass is 382 g/mol. The molecule has 4 heteroatoms. The number of hydrogen-bond donors (Lipinski definition) is 0. The molecule has 0 saturated carbocycles. The van der Waals surface area contributed by atoms with E-state index in [9.17, 15) is 4.79 Å². The fourth-order valence-electron chi connectivity index (χ4n) is 3.75. The molecule has 0 N–H and O–H groups in total. The standard InChI is InChI=1S/C25H18O4/c1-27-18-11-7-10-17(14-18)20-15-22(16-8-3-2-4-9-16)28-24-19-12-5-6-13-21(19)29-25(26)23(20)24/h2-15,20H,1H3/t20-/m1/s1. The summed E-state index contributed by atoms with van der Waals surface area (Å²) in [7, 11) is 1.63. The number of fused-ring (bicyclic) bond motifs is 3. The highest BCUT2D eigenvalue weighted by Gasteiger charge is 2.30. The van der Waals surface area contributed by atoms with Crippen molar-refractivity contribution in [3.63, 3.8) is 0 Å². The number of ether oxygens (including phenoxy) is 2. The van der Waals surface area contributed by atoms with Gasteiger partial charge in [-0.2, -0.15) is 0 Å². The Morgan fingerprint density at radius 2 is 1.69 bits per heavy atom. The van der Waals surface area contributed by atoms with Gasteiger partial charge in [0.2, 0.25) is 0 Å². The minimum absolute atomic E-state index is 0.315. The fourth-order valence-corrected chi connectivity index (χ4v) is 3.75. The third-order valence-electron chi connectivity index (χ3n) is 5.15. The summed E-state index contributed by atoms with van der Waals surface area (Å²) in [6.45, 7) is 0. The van der Waals surface area contributed by atoms with Gasteiger partial charge in [0.1, 0.15) is 22.8 Å². The van der Waals surface area contributed by atoms with Gasteiger partial charge >= 0.3 is 5.63 Å². The molecule has 0 saturated heterocycles. The highest BCUT2D eigenvalue weighted by atomic mass is 16.5. The fraction of sp³-hybridized carbons (Fsp3) is 0.0800. The van der Waals surface area contributed by atoms with Crippen molar-refractivity contribution in [2.45, 2.75) is 5.92 Å². The van der Waals surface area contributed by atoms with Crippen LogP contribution in [0.5, 0.6) is 11.5 Å². The SMILES string of the molecule is COc1cccc([C@H]2C=C(c3ccccc3)Oc3c2c(=O)oc2ccccc32)c1. The minimum Gasteiger partial charge on any atom is -0.497 e. The zero-order chi connectivity index (χ0) is 19.8. The molecule has 4 aromatic rings. The van der Waals surface area contributed by atoms with Crippen LogP contribution in [0.2, 0.25) is 0 Å². The minimum atomic E-state index is -0.394. The van der Waals surface area contributed by atoms with E-state index >= 15 is 0 Å². The first-order valence-electron chi connectivity index (χ1n) is 9.39. The van der Waals surface area contributed by atoms with E-state index in [1.165, 1.54) is 0 Å². The van der Waals surface area contributed by atoms with Crippen molar-refractivity contribution in [1.82, 2.24) is 0 Å². The van der Waals surface area contributed by atoms with E-state index < -0.39 is 5.63 Å². The Hall–Kier alpha value is -3.79. The zero-order valence-electron chi connectivity index (χ0n) is 15.8. The summed E-state index contributed by atoms with van der Waals surface area (Å²) in [6.07, 6.45) is 1.97. The molecule has 1 atom stereocenters. The van der Waals surface area contributed by atoms with Crippen LogP contribution in [-0.4, -0.2) is 7.11 Å². The van der Waals surface area contributed by atoms with E-state index in [0.29, 0.717) is 22.7 Å². The van der Waals surface area contributed by atoms with Crippen molar-refractivity contribution in [2.24, 2.45) is 0 Å². The average Bonchev–Trinajstić information content (AvgIpc) is 2.79. The first kappa shape index (κ1) is 17.3. The Labute approximate surface area is 167 Å². The quantitative estimate of drug-likeness (QED) is 0.447. The largest absolute Gasteiger partial charge is 0.497 e. The third kappa shape index (κ3) is 2.99. The summed E-state index contributed by atoms with van der Waals surface area (Å²) < 4.78 is 17.3. The van der Waals surface area contributed by atoms with Gasteiger partial charge in [-0.1, -0.05) is 54.6 Å². The highest BCUT2D eigenvalue weighted by Crippen LogP contribution is 2.43. The van der Waals surface area contributed by atoms with Gasteiger partial charge in [0, 0.05) is 11.5 Å². The van der Waals surface area contributed by atoms with Crippen molar-refractivity contribution in [1.29, 1.82) is 0 Å². The normalized spacial score (nSPS) is 15.3. The molecule has 0 fully saturated rings. The van der Waals surface area contributed by atoms with Crippen LogP contribution in [0, 0.1) is 0 Å². The molecule has 142 valence electrons. The maximum absolute atomic E-state index is 13.0. The average molecular weight is 382 g/mol. The number of benzene rings is 3. The van der Waals surface area contributed by atoms with E-state index in [2.05, 4.69) is 0 Å². The molecule has 1 aliphatic heterocycles. The number of para-hydroxylation sites is 1. The Kier molecular flexibility index (Phi) is 4.17. The summed E-state index contributed by atoms with van der Waals surface area (Å²) >= 11 is 0. The van der Waals surface area contributed by atoms with Gasteiger partial charge in [0.15, 0.2) is 0 Å². The Morgan fingerprint density at radius 1 is 0.897 bits per heavy atom. The first-order valence-corrected chi connectivity index (χ1v) is 9.39. The van der Waals surface area contributed by atoms with Crippen LogP contribution in [0.25, 0.3) is 16.7 Å². The van der Waals surface area contributed by atoms with E-state index in [1.807, 2.05) is 78.9 Å². The van der Waals surface area contributed by atoms with E-state index in [0.717, 1.165) is 22.3 Å². The topological polar surface area (TPSA) is 48.7 Å². The number of allylic oxidation sites excluding steroid dienone is 1. The summed E-state index contributed by atoms with van der Waals surface area (Å²) in [5.74, 6) is 1.67. The molecule has 0 bridgehead atoms. The molecular weight excluding hydrogens is 364 g/mol. The van der Waals surface area contributed by atoms with E-state index in [4.69, 9.17) is 13.9 Å². The van der Waals surface area contributed by atoms with Gasteiger partial charge in [0.25, 0.3) is 0 Å². The molecule has 0 spiro atoms. The van der Waals surface area contributed by atoms with Crippen molar-refractivity contribution in [3.05, 3.63) is 112 Å². The van der Waals surface area contributed by atoms with Crippen molar-refractivity contribution in [3.8, 4) is 11.5 Å². The van der Waals surface area contributed by atoms with Crippen LogP contribution in [0.1, 0.15) is 22.6 Å². The molecule has 0 amide bonds. The second-order valence-corrected chi connectivity index (χ2v) is 6.88. The van der Waals surface area contributed by atoms with Crippen molar-refractivity contribution in [2.75, 3.05) is 7.11 Å². The molecule has 1 aliphatic rings. The van der Waals surface area contributed by atoms with Crippen molar-refractivity contribution >= 4 is 16.7 Å². The summed E-state index contributed by atoms with van der Waals surface area (Å²) in [6, 6.07) is 25.0. The highest BCUT2D eigenvalue weighted by molar-refractivity contribution is 5.87.